The lowest BCUT2D eigenvalue weighted by Gasteiger charge is -2.14. The molecule has 0 rings (SSSR count). The normalized spacial score (nSPS) is 12.1. The van der Waals surface area contributed by atoms with Gasteiger partial charge in [0, 0.05) is 13.0 Å². The number of rotatable bonds is 17. The van der Waals surface area contributed by atoms with Crippen LogP contribution in [0.4, 0.5) is 0 Å². The Morgan fingerprint density at radius 3 is 1.83 bits per heavy atom. The minimum atomic E-state index is -1.05. The van der Waals surface area contributed by atoms with E-state index in [4.69, 9.17) is 9.84 Å². The Balaban J connectivity index is 3.49. The van der Waals surface area contributed by atoms with Gasteiger partial charge in [0.2, 0.25) is 5.91 Å². The molecule has 0 saturated heterocycles. The van der Waals surface area contributed by atoms with E-state index in [0.29, 0.717) is 13.0 Å². The Kier molecular flexibility index (Phi) is 16.0. The number of hydrogen-bond acceptors (Lipinski definition) is 3. The van der Waals surface area contributed by atoms with Crippen molar-refractivity contribution in [2.45, 2.75) is 96.9 Å². The number of carboxylic acid groups (broad SMARTS) is 1. The van der Waals surface area contributed by atoms with Crippen molar-refractivity contribution >= 4 is 11.9 Å². The molecular weight excluding hydrogens is 306 g/mol. The van der Waals surface area contributed by atoms with Gasteiger partial charge in [0.1, 0.15) is 0 Å². The fourth-order valence-corrected chi connectivity index (χ4v) is 2.63. The van der Waals surface area contributed by atoms with Gasteiger partial charge in [-0.3, -0.25) is 4.79 Å². The number of ether oxygens (including phenoxy) is 1. The molecule has 1 amide bonds. The van der Waals surface area contributed by atoms with Crippen molar-refractivity contribution in [3.05, 3.63) is 0 Å². The molecule has 0 aromatic heterocycles. The van der Waals surface area contributed by atoms with E-state index in [9.17, 15) is 9.59 Å². The van der Waals surface area contributed by atoms with Crippen LogP contribution in [-0.2, 0) is 14.3 Å². The van der Waals surface area contributed by atoms with Crippen molar-refractivity contribution in [3.8, 4) is 0 Å². The first-order valence-corrected chi connectivity index (χ1v) is 9.71. The molecule has 0 aliphatic carbocycles. The maximum atomic E-state index is 11.8. The molecule has 0 aromatic rings. The van der Waals surface area contributed by atoms with E-state index < -0.39 is 12.0 Å². The predicted octanol–water partition coefficient (Wildman–Crippen LogP) is 4.29. The van der Waals surface area contributed by atoms with Gasteiger partial charge in [-0.1, -0.05) is 71.1 Å². The molecule has 0 heterocycles. The van der Waals surface area contributed by atoms with Gasteiger partial charge in [-0.2, -0.15) is 0 Å². The van der Waals surface area contributed by atoms with Crippen LogP contribution in [0, 0.1) is 0 Å². The van der Waals surface area contributed by atoms with E-state index in [1.54, 1.807) is 6.92 Å². The molecule has 0 aliphatic heterocycles. The smallest absolute Gasteiger partial charge is 0.328 e. The minimum Gasteiger partial charge on any atom is -0.480 e. The summed E-state index contributed by atoms with van der Waals surface area (Å²) in [6, 6.07) is -0.940. The van der Waals surface area contributed by atoms with Crippen LogP contribution in [0.25, 0.3) is 0 Å². The van der Waals surface area contributed by atoms with Crippen LogP contribution < -0.4 is 5.32 Å². The molecule has 0 aromatic carbocycles. The van der Waals surface area contributed by atoms with Gasteiger partial charge in [-0.15, -0.1) is 0 Å². The number of amides is 1. The second kappa shape index (κ2) is 16.7. The third-order valence-electron chi connectivity index (χ3n) is 4.13. The van der Waals surface area contributed by atoms with Crippen molar-refractivity contribution in [2.75, 3.05) is 13.2 Å². The largest absolute Gasteiger partial charge is 0.480 e. The van der Waals surface area contributed by atoms with Crippen molar-refractivity contribution < 1.29 is 19.4 Å². The molecule has 0 aliphatic rings. The van der Waals surface area contributed by atoms with Crippen molar-refractivity contribution in [2.24, 2.45) is 0 Å². The van der Waals surface area contributed by atoms with E-state index in [1.165, 1.54) is 51.4 Å². The van der Waals surface area contributed by atoms with Crippen LogP contribution in [0.15, 0.2) is 0 Å². The van der Waals surface area contributed by atoms with E-state index >= 15 is 0 Å². The fraction of sp³-hybridized carbons (Fsp3) is 0.895. The SMILES string of the molecule is CCCCCCCCCCCCCC(=O)NC(COCC)C(=O)O. The van der Waals surface area contributed by atoms with Gasteiger partial charge in [0.15, 0.2) is 6.04 Å². The zero-order chi connectivity index (χ0) is 18.0. The molecule has 5 nitrogen and oxygen atoms in total. The quantitative estimate of drug-likeness (QED) is 0.386. The van der Waals surface area contributed by atoms with Gasteiger partial charge in [-0.05, 0) is 13.3 Å². The molecule has 5 heteroatoms. The van der Waals surface area contributed by atoms with E-state index in [-0.39, 0.29) is 12.5 Å². The van der Waals surface area contributed by atoms with Crippen molar-refractivity contribution in [1.29, 1.82) is 0 Å². The number of carboxylic acids is 1. The second-order valence-electron chi connectivity index (χ2n) is 6.40. The highest BCUT2D eigenvalue weighted by molar-refractivity contribution is 5.83. The molecule has 0 spiro atoms. The summed E-state index contributed by atoms with van der Waals surface area (Å²) in [5.41, 5.74) is 0. The molecule has 0 radical (unpaired) electrons. The van der Waals surface area contributed by atoms with Gasteiger partial charge in [-0.25, -0.2) is 4.79 Å². The molecule has 142 valence electrons. The number of nitrogens with one attached hydrogen (secondary N) is 1. The Morgan fingerprint density at radius 2 is 1.38 bits per heavy atom. The summed E-state index contributed by atoms with van der Waals surface area (Å²) in [5.74, 6) is -1.24. The highest BCUT2D eigenvalue weighted by atomic mass is 16.5. The zero-order valence-electron chi connectivity index (χ0n) is 15.6. The molecular formula is C19H37NO4. The van der Waals surface area contributed by atoms with E-state index in [2.05, 4.69) is 12.2 Å². The van der Waals surface area contributed by atoms with E-state index in [1.807, 2.05) is 0 Å². The van der Waals surface area contributed by atoms with Gasteiger partial charge in [0.05, 0.1) is 6.61 Å². The zero-order valence-corrected chi connectivity index (χ0v) is 15.6. The molecule has 0 bridgehead atoms. The summed E-state index contributed by atoms with van der Waals surface area (Å²) < 4.78 is 5.07. The van der Waals surface area contributed by atoms with Crippen LogP contribution in [0.3, 0.4) is 0 Å². The molecule has 0 fully saturated rings. The van der Waals surface area contributed by atoms with Crippen molar-refractivity contribution in [1.82, 2.24) is 5.32 Å². The standard InChI is InChI=1S/C19H37NO4/c1-3-5-6-7-8-9-10-11-12-13-14-15-18(21)20-17(19(22)23)16-24-4-2/h17H,3-16H2,1-2H3,(H,20,21)(H,22,23). The first kappa shape index (κ1) is 22.9. The maximum Gasteiger partial charge on any atom is 0.328 e. The third-order valence-corrected chi connectivity index (χ3v) is 4.13. The van der Waals surface area contributed by atoms with Crippen LogP contribution >= 0.6 is 0 Å². The average Bonchev–Trinajstić information content (AvgIpc) is 2.56. The topological polar surface area (TPSA) is 75.6 Å². The number of aliphatic carboxylic acids is 1. The first-order valence-electron chi connectivity index (χ1n) is 9.71. The molecule has 0 saturated carbocycles. The monoisotopic (exact) mass is 343 g/mol. The van der Waals surface area contributed by atoms with Gasteiger partial charge >= 0.3 is 5.97 Å². The highest BCUT2D eigenvalue weighted by Crippen LogP contribution is 2.11. The minimum absolute atomic E-state index is 0.0236. The lowest BCUT2D eigenvalue weighted by molar-refractivity contribution is -0.143. The lowest BCUT2D eigenvalue weighted by Crippen LogP contribution is -2.43. The Morgan fingerprint density at radius 1 is 0.875 bits per heavy atom. The van der Waals surface area contributed by atoms with E-state index in [0.717, 1.165) is 19.3 Å². The number of unbranched alkanes of at least 4 members (excludes halogenated alkanes) is 10. The summed E-state index contributed by atoms with van der Waals surface area (Å²) in [7, 11) is 0. The summed E-state index contributed by atoms with van der Waals surface area (Å²) in [4.78, 5) is 22.8. The molecule has 1 unspecified atom stereocenters. The van der Waals surface area contributed by atoms with Gasteiger partial charge in [0.25, 0.3) is 0 Å². The molecule has 2 N–H and O–H groups in total. The van der Waals surface area contributed by atoms with Crippen LogP contribution in [-0.4, -0.2) is 36.2 Å². The van der Waals surface area contributed by atoms with Crippen LogP contribution in [0.5, 0.6) is 0 Å². The van der Waals surface area contributed by atoms with Gasteiger partial charge < -0.3 is 15.2 Å². The predicted molar refractivity (Wildman–Crippen MR) is 97.1 cm³/mol. The Hall–Kier alpha value is -1.10. The van der Waals surface area contributed by atoms with Crippen LogP contribution in [0.2, 0.25) is 0 Å². The average molecular weight is 344 g/mol. The molecule has 1 atom stereocenters. The molecule has 24 heavy (non-hydrogen) atoms. The lowest BCUT2D eigenvalue weighted by atomic mass is 10.1. The van der Waals surface area contributed by atoms with Crippen LogP contribution in [0.1, 0.15) is 90.9 Å². The fourth-order valence-electron chi connectivity index (χ4n) is 2.63. The number of hydrogen-bond donors (Lipinski definition) is 2. The maximum absolute atomic E-state index is 11.8. The summed E-state index contributed by atoms with van der Waals surface area (Å²) in [6.45, 7) is 4.50. The second-order valence-corrected chi connectivity index (χ2v) is 6.40. The summed E-state index contributed by atoms with van der Waals surface area (Å²) >= 11 is 0. The van der Waals surface area contributed by atoms with Crippen molar-refractivity contribution in [3.63, 3.8) is 0 Å². The Labute approximate surface area is 147 Å². The third kappa shape index (κ3) is 14.5. The summed E-state index contributed by atoms with van der Waals surface area (Å²) in [6.07, 6.45) is 14.0. The number of carbonyl (C=O) groups is 2. The summed E-state index contributed by atoms with van der Waals surface area (Å²) in [5, 5.41) is 11.5. The number of carbonyl (C=O) groups excluding carboxylic acids is 1. The highest BCUT2D eigenvalue weighted by Gasteiger charge is 2.19. The first-order chi connectivity index (χ1) is 11.6. The Bertz CT molecular complexity index is 320.